The normalized spacial score (nSPS) is 40.2. The molecule has 0 bridgehead atoms. The third-order valence-electron chi connectivity index (χ3n) is 11.4. The number of carbonyl (C=O) groups excluding carboxylic acids is 2. The van der Waals surface area contributed by atoms with Gasteiger partial charge in [0.1, 0.15) is 6.61 Å². The zero-order valence-electron chi connectivity index (χ0n) is 24.1. The molecule has 3 N–H and O–H groups in total. The number of fused-ring (bicyclic) bond motifs is 7. The summed E-state index contributed by atoms with van der Waals surface area (Å²) in [5.74, 6) is -0.292. The van der Waals surface area contributed by atoms with Gasteiger partial charge in [0, 0.05) is 41.2 Å². The van der Waals surface area contributed by atoms with Crippen LogP contribution in [-0.4, -0.2) is 55.9 Å². The molecule has 7 rings (SSSR count). The maximum Gasteiger partial charge on any atom is 0.193 e. The van der Waals surface area contributed by atoms with Crippen LogP contribution in [0.5, 0.6) is 0 Å². The summed E-state index contributed by atoms with van der Waals surface area (Å²) >= 11 is 0. The molecule has 1 aromatic carbocycles. The van der Waals surface area contributed by atoms with Gasteiger partial charge in [-0.15, -0.1) is 0 Å². The van der Waals surface area contributed by atoms with Gasteiger partial charge in [-0.1, -0.05) is 49.8 Å². The monoisotopic (exact) mass is 573 g/mol. The van der Waals surface area contributed by atoms with Crippen LogP contribution in [0.3, 0.4) is 0 Å². The van der Waals surface area contributed by atoms with Gasteiger partial charge in [0.2, 0.25) is 0 Å². The van der Waals surface area contributed by atoms with E-state index in [1.54, 1.807) is 12.2 Å². The SMILES string of the molecule is C[C@]12C=CC(=O)C=C1CC[C@@H]1C2[C@@H](O)C[C@@]2(C)[C@H]1C[C@H]1O[C@@H](c3ccn(Cc4cccc(CO)c4)c3)O[C@]12C(=O)CO. The minimum absolute atomic E-state index is 0.000640. The molecule has 1 unspecified atom stereocenters. The number of Topliss-reactive ketones (excluding diaryl/α,β-unsaturated/α-hetero) is 1. The highest BCUT2D eigenvalue weighted by atomic mass is 16.7. The van der Waals surface area contributed by atoms with E-state index in [1.807, 2.05) is 60.3 Å². The second-order valence-corrected chi connectivity index (χ2v) is 13.4. The van der Waals surface area contributed by atoms with Crippen LogP contribution in [0.15, 0.2) is 66.5 Å². The Balaban J connectivity index is 1.18. The van der Waals surface area contributed by atoms with Gasteiger partial charge in [-0.25, -0.2) is 0 Å². The molecule has 8 nitrogen and oxygen atoms in total. The van der Waals surface area contributed by atoms with Crippen molar-refractivity contribution in [2.24, 2.45) is 28.6 Å². The molecule has 4 aliphatic carbocycles. The third-order valence-corrected chi connectivity index (χ3v) is 11.4. The smallest absolute Gasteiger partial charge is 0.193 e. The average Bonchev–Trinajstić information content (AvgIpc) is 3.65. The molecule has 222 valence electrons. The summed E-state index contributed by atoms with van der Waals surface area (Å²) in [5, 5.41) is 31.5. The Morgan fingerprint density at radius 3 is 2.76 bits per heavy atom. The van der Waals surface area contributed by atoms with Crippen LogP contribution in [0.1, 0.15) is 62.5 Å². The maximum atomic E-state index is 13.7. The number of nitrogens with zero attached hydrogens (tertiary/aromatic N) is 1. The Morgan fingerprint density at radius 2 is 1.98 bits per heavy atom. The Labute approximate surface area is 245 Å². The van der Waals surface area contributed by atoms with Gasteiger partial charge in [-0.2, -0.15) is 0 Å². The molecule has 1 aromatic heterocycles. The van der Waals surface area contributed by atoms with E-state index in [9.17, 15) is 24.9 Å². The molecule has 9 atom stereocenters. The first kappa shape index (κ1) is 27.9. The lowest BCUT2D eigenvalue weighted by atomic mass is 9.46. The minimum atomic E-state index is -1.37. The quantitative estimate of drug-likeness (QED) is 0.483. The van der Waals surface area contributed by atoms with Gasteiger partial charge >= 0.3 is 0 Å². The van der Waals surface area contributed by atoms with Crippen molar-refractivity contribution in [3.8, 4) is 0 Å². The highest BCUT2D eigenvalue weighted by Gasteiger charge is 2.75. The zero-order valence-corrected chi connectivity index (χ0v) is 24.1. The molecule has 8 heteroatoms. The van der Waals surface area contributed by atoms with Crippen molar-refractivity contribution in [2.45, 2.75) is 76.8 Å². The fraction of sp³-hybridized carbons (Fsp3) is 0.529. The molecule has 0 radical (unpaired) electrons. The van der Waals surface area contributed by atoms with Crippen molar-refractivity contribution in [1.29, 1.82) is 0 Å². The van der Waals surface area contributed by atoms with Crippen molar-refractivity contribution >= 4 is 11.6 Å². The van der Waals surface area contributed by atoms with E-state index in [1.165, 1.54) is 0 Å². The van der Waals surface area contributed by atoms with Crippen LogP contribution < -0.4 is 0 Å². The van der Waals surface area contributed by atoms with E-state index in [4.69, 9.17) is 9.47 Å². The van der Waals surface area contributed by atoms with Gasteiger partial charge < -0.3 is 29.4 Å². The van der Waals surface area contributed by atoms with Crippen LogP contribution in [0, 0.1) is 28.6 Å². The first-order chi connectivity index (χ1) is 20.1. The first-order valence-corrected chi connectivity index (χ1v) is 15.1. The van der Waals surface area contributed by atoms with E-state index in [0.717, 1.165) is 35.1 Å². The summed E-state index contributed by atoms with van der Waals surface area (Å²) in [6, 6.07) is 9.71. The summed E-state index contributed by atoms with van der Waals surface area (Å²) < 4.78 is 15.3. The lowest BCUT2D eigenvalue weighted by Crippen LogP contribution is -2.63. The Hall–Kier alpha value is -2.88. The molecule has 1 saturated heterocycles. The van der Waals surface area contributed by atoms with E-state index in [0.29, 0.717) is 19.4 Å². The van der Waals surface area contributed by atoms with Gasteiger partial charge in [0.05, 0.1) is 18.8 Å². The molecule has 4 fully saturated rings. The van der Waals surface area contributed by atoms with Gasteiger partial charge in [-0.05, 0) is 66.9 Å². The summed E-state index contributed by atoms with van der Waals surface area (Å²) in [4.78, 5) is 25.9. The van der Waals surface area contributed by atoms with Gasteiger partial charge in [0.15, 0.2) is 23.5 Å². The van der Waals surface area contributed by atoms with E-state index in [-0.39, 0.29) is 30.1 Å². The lowest BCUT2D eigenvalue weighted by Gasteiger charge is -2.59. The van der Waals surface area contributed by atoms with Crippen molar-refractivity contribution in [2.75, 3.05) is 6.61 Å². The molecule has 0 spiro atoms. The molecule has 3 saturated carbocycles. The predicted octanol–water partition coefficient (Wildman–Crippen LogP) is 3.63. The third kappa shape index (κ3) is 3.85. The number of allylic oxidation sites excluding steroid dienone is 4. The second-order valence-electron chi connectivity index (χ2n) is 13.4. The number of rotatable bonds is 6. The van der Waals surface area contributed by atoms with Crippen molar-refractivity contribution in [1.82, 2.24) is 4.57 Å². The molecule has 5 aliphatic rings. The number of ketones is 2. The number of benzene rings is 1. The van der Waals surface area contributed by atoms with Crippen molar-refractivity contribution < 1.29 is 34.4 Å². The van der Waals surface area contributed by atoms with Crippen LogP contribution >= 0.6 is 0 Å². The lowest BCUT2D eigenvalue weighted by molar-refractivity contribution is -0.201. The fourth-order valence-electron chi connectivity index (χ4n) is 9.57. The summed E-state index contributed by atoms with van der Waals surface area (Å²) in [6.07, 6.45) is 9.78. The first-order valence-electron chi connectivity index (χ1n) is 15.1. The highest BCUT2D eigenvalue weighted by Crippen LogP contribution is 2.70. The fourth-order valence-corrected chi connectivity index (χ4v) is 9.57. The zero-order chi connectivity index (χ0) is 29.4. The standard InChI is InChI=1S/C34H39NO7/c1-32-10-8-24(38)13-23(32)6-7-25-26-14-29-34(28(40)19-37,33(26,2)15-27(39)30(25)32)42-31(41-29)22-9-11-35(17-22)16-20-4-3-5-21(12-20)18-36/h3-5,8-13,17,25-27,29-31,36-37,39H,6-7,14-16,18-19H2,1-2H3/t25-,26-,27-,29+,30?,31+,32-,33-,34+/m0/s1. The summed E-state index contributed by atoms with van der Waals surface area (Å²) in [6.45, 7) is 4.11. The number of carbonyl (C=O) groups is 2. The number of aliphatic hydroxyl groups excluding tert-OH is 3. The van der Waals surface area contributed by atoms with E-state index in [2.05, 4.69) is 6.92 Å². The molecule has 2 aromatic rings. The maximum absolute atomic E-state index is 13.7. The molecular formula is C34H39NO7. The number of aromatic nitrogens is 1. The summed E-state index contributed by atoms with van der Waals surface area (Å²) in [5.41, 5.74) is 1.28. The molecule has 0 amide bonds. The number of ether oxygens (including phenoxy) is 2. The van der Waals surface area contributed by atoms with E-state index < -0.39 is 47.3 Å². The van der Waals surface area contributed by atoms with Gasteiger partial charge in [-0.3, -0.25) is 9.59 Å². The largest absolute Gasteiger partial charge is 0.393 e. The van der Waals surface area contributed by atoms with Crippen LogP contribution in [0.25, 0.3) is 0 Å². The number of aliphatic hydroxyl groups is 3. The van der Waals surface area contributed by atoms with Crippen LogP contribution in [-0.2, 0) is 32.2 Å². The summed E-state index contributed by atoms with van der Waals surface area (Å²) in [7, 11) is 0. The van der Waals surface area contributed by atoms with Crippen LogP contribution in [0.4, 0.5) is 0 Å². The predicted molar refractivity (Wildman–Crippen MR) is 153 cm³/mol. The minimum Gasteiger partial charge on any atom is -0.393 e. The molecule has 1 aliphatic heterocycles. The van der Waals surface area contributed by atoms with Gasteiger partial charge in [0.25, 0.3) is 0 Å². The Morgan fingerprint density at radius 1 is 1.17 bits per heavy atom. The van der Waals surface area contributed by atoms with Crippen LogP contribution in [0.2, 0.25) is 0 Å². The average molecular weight is 574 g/mol. The Bertz CT molecular complexity index is 1490. The molecular weight excluding hydrogens is 534 g/mol. The molecule has 2 heterocycles. The molecule has 42 heavy (non-hydrogen) atoms. The highest BCUT2D eigenvalue weighted by molar-refractivity contribution is 6.01. The second kappa shape index (κ2) is 9.82. The topological polar surface area (TPSA) is 118 Å². The van der Waals surface area contributed by atoms with Crippen molar-refractivity contribution in [3.63, 3.8) is 0 Å². The number of hydrogen-bond donors (Lipinski definition) is 3. The number of hydrogen-bond acceptors (Lipinski definition) is 7. The van der Waals surface area contributed by atoms with Crippen molar-refractivity contribution in [3.05, 3.63) is 83.2 Å². The van der Waals surface area contributed by atoms with E-state index >= 15 is 0 Å². The Kier molecular flexibility index (Phi) is 6.53.